The van der Waals surface area contributed by atoms with Crippen LogP contribution >= 0.6 is 0 Å². The largest absolute Gasteiger partial charge is 0.398 e. The van der Waals surface area contributed by atoms with E-state index in [1.165, 1.54) is 0 Å². The van der Waals surface area contributed by atoms with Crippen LogP contribution in [0.4, 0.5) is 17.5 Å². The fourth-order valence-corrected chi connectivity index (χ4v) is 2.85. The van der Waals surface area contributed by atoms with Crippen LogP contribution in [-0.4, -0.2) is 36.8 Å². The van der Waals surface area contributed by atoms with Gasteiger partial charge in [-0.25, -0.2) is 4.98 Å². The first-order chi connectivity index (χ1) is 13.2. The molecule has 0 spiro atoms. The van der Waals surface area contributed by atoms with Gasteiger partial charge < -0.3 is 26.0 Å². The fraction of sp³-hybridized carbons (Fsp3) is 0.450. The van der Waals surface area contributed by atoms with E-state index >= 15 is 0 Å². The number of aliphatic hydroxyl groups is 1. The predicted octanol–water partition coefficient (Wildman–Crippen LogP) is 3.17. The molecule has 0 saturated heterocycles. The number of nitrogens with one attached hydrogen (secondary N) is 2. The van der Waals surface area contributed by atoms with Gasteiger partial charge in [-0.05, 0) is 45.7 Å². The zero-order chi connectivity index (χ0) is 20.3. The van der Waals surface area contributed by atoms with Gasteiger partial charge in [-0.1, -0.05) is 18.2 Å². The van der Waals surface area contributed by atoms with Gasteiger partial charge in [0, 0.05) is 24.8 Å². The summed E-state index contributed by atoms with van der Waals surface area (Å²) in [7, 11) is 0. The van der Waals surface area contributed by atoms with Gasteiger partial charge >= 0.3 is 0 Å². The SMILES string of the molecule is CC(C)n1cnc2c(NCc3ccccc3N)nc(NCCC(C)(C)O)nc21. The Kier molecular flexibility index (Phi) is 5.69. The highest BCUT2D eigenvalue weighted by Gasteiger charge is 2.16. The number of imidazole rings is 1. The molecule has 0 amide bonds. The molecule has 0 radical (unpaired) electrons. The number of anilines is 3. The van der Waals surface area contributed by atoms with Gasteiger partial charge in [0.15, 0.2) is 17.0 Å². The van der Waals surface area contributed by atoms with Crippen molar-refractivity contribution in [3.05, 3.63) is 36.2 Å². The summed E-state index contributed by atoms with van der Waals surface area (Å²) in [5.41, 5.74) is 8.51. The van der Waals surface area contributed by atoms with E-state index in [0.29, 0.717) is 31.3 Å². The van der Waals surface area contributed by atoms with Crippen LogP contribution in [0.2, 0.25) is 0 Å². The average molecular weight is 384 g/mol. The second-order valence-electron chi connectivity index (χ2n) is 7.86. The molecule has 2 aromatic heterocycles. The van der Waals surface area contributed by atoms with Crippen LogP contribution in [0.5, 0.6) is 0 Å². The summed E-state index contributed by atoms with van der Waals surface area (Å²) < 4.78 is 2.01. The molecule has 2 heterocycles. The Labute approximate surface area is 165 Å². The van der Waals surface area contributed by atoms with E-state index in [1.54, 1.807) is 20.2 Å². The highest BCUT2D eigenvalue weighted by Crippen LogP contribution is 2.24. The number of para-hydroxylation sites is 1. The third-order valence-corrected chi connectivity index (χ3v) is 4.50. The van der Waals surface area contributed by atoms with E-state index in [1.807, 2.05) is 28.8 Å². The Morgan fingerprint density at radius 2 is 1.93 bits per heavy atom. The molecule has 150 valence electrons. The third kappa shape index (κ3) is 4.69. The number of benzene rings is 1. The molecule has 1 aromatic carbocycles. The van der Waals surface area contributed by atoms with Crippen molar-refractivity contribution in [1.29, 1.82) is 0 Å². The van der Waals surface area contributed by atoms with E-state index in [2.05, 4.69) is 39.4 Å². The second kappa shape index (κ2) is 8.02. The number of nitrogens with zero attached hydrogens (tertiary/aromatic N) is 4. The van der Waals surface area contributed by atoms with Gasteiger partial charge in [0.25, 0.3) is 0 Å². The molecule has 8 heteroatoms. The molecule has 3 aromatic rings. The van der Waals surface area contributed by atoms with Crippen LogP contribution in [0.3, 0.4) is 0 Å². The number of nitrogen functional groups attached to an aromatic ring is 1. The monoisotopic (exact) mass is 383 g/mol. The van der Waals surface area contributed by atoms with Crippen molar-refractivity contribution in [1.82, 2.24) is 19.5 Å². The highest BCUT2D eigenvalue weighted by atomic mass is 16.3. The smallest absolute Gasteiger partial charge is 0.226 e. The lowest BCUT2D eigenvalue weighted by atomic mass is 10.1. The molecule has 0 fully saturated rings. The van der Waals surface area contributed by atoms with E-state index in [-0.39, 0.29) is 6.04 Å². The van der Waals surface area contributed by atoms with Crippen LogP contribution in [0.25, 0.3) is 11.2 Å². The number of hydrogen-bond acceptors (Lipinski definition) is 7. The summed E-state index contributed by atoms with van der Waals surface area (Å²) in [6, 6.07) is 7.96. The Hall–Kier alpha value is -2.87. The summed E-state index contributed by atoms with van der Waals surface area (Å²) >= 11 is 0. The van der Waals surface area contributed by atoms with Crippen LogP contribution in [-0.2, 0) is 6.54 Å². The van der Waals surface area contributed by atoms with Gasteiger partial charge in [0.2, 0.25) is 5.95 Å². The highest BCUT2D eigenvalue weighted by molar-refractivity contribution is 5.84. The Bertz CT molecular complexity index is 943. The minimum Gasteiger partial charge on any atom is -0.398 e. The number of fused-ring (bicyclic) bond motifs is 1. The summed E-state index contributed by atoms with van der Waals surface area (Å²) in [4.78, 5) is 13.8. The lowest BCUT2D eigenvalue weighted by Gasteiger charge is -2.17. The first-order valence-corrected chi connectivity index (χ1v) is 9.52. The Morgan fingerprint density at radius 1 is 1.18 bits per heavy atom. The minimum atomic E-state index is -0.747. The summed E-state index contributed by atoms with van der Waals surface area (Å²) in [6.07, 6.45) is 2.37. The van der Waals surface area contributed by atoms with E-state index in [4.69, 9.17) is 5.73 Å². The average Bonchev–Trinajstić information content (AvgIpc) is 3.04. The van der Waals surface area contributed by atoms with Crippen LogP contribution in [0.1, 0.15) is 45.7 Å². The molecule has 0 aliphatic rings. The summed E-state index contributed by atoms with van der Waals surface area (Å²) in [5, 5.41) is 16.5. The lowest BCUT2D eigenvalue weighted by molar-refractivity contribution is 0.0748. The summed E-state index contributed by atoms with van der Waals surface area (Å²) in [5.74, 6) is 1.15. The van der Waals surface area contributed by atoms with Crippen molar-refractivity contribution >= 4 is 28.6 Å². The van der Waals surface area contributed by atoms with Crippen molar-refractivity contribution in [2.45, 2.75) is 52.3 Å². The van der Waals surface area contributed by atoms with Gasteiger partial charge in [0.1, 0.15) is 0 Å². The van der Waals surface area contributed by atoms with Gasteiger partial charge in [-0.3, -0.25) is 0 Å². The predicted molar refractivity (Wildman–Crippen MR) is 113 cm³/mol. The molecule has 5 N–H and O–H groups in total. The Balaban J connectivity index is 1.89. The van der Waals surface area contributed by atoms with Gasteiger partial charge in [0.05, 0.1) is 11.9 Å². The Morgan fingerprint density at radius 3 is 2.61 bits per heavy atom. The standard InChI is InChI=1S/C20H29N7O/c1-13(2)27-12-24-16-17(23-11-14-7-5-6-8-15(14)21)25-19(26-18(16)27)22-10-9-20(3,4)28/h5-8,12-13,28H,9-11,21H2,1-4H3,(H2,22,23,25,26). The van der Waals surface area contributed by atoms with E-state index in [0.717, 1.165) is 22.4 Å². The quantitative estimate of drug-likeness (QED) is 0.442. The van der Waals surface area contributed by atoms with Gasteiger partial charge in [-0.2, -0.15) is 9.97 Å². The maximum absolute atomic E-state index is 9.92. The number of hydrogen-bond donors (Lipinski definition) is 4. The molecule has 0 bridgehead atoms. The van der Waals surface area contributed by atoms with E-state index < -0.39 is 5.60 Å². The zero-order valence-corrected chi connectivity index (χ0v) is 16.9. The van der Waals surface area contributed by atoms with E-state index in [9.17, 15) is 5.11 Å². The van der Waals surface area contributed by atoms with Gasteiger partial charge in [-0.15, -0.1) is 0 Å². The maximum Gasteiger partial charge on any atom is 0.226 e. The second-order valence-corrected chi connectivity index (χ2v) is 7.86. The molecule has 3 rings (SSSR count). The van der Waals surface area contributed by atoms with Crippen LogP contribution in [0, 0.1) is 0 Å². The number of nitrogens with two attached hydrogens (primary N) is 1. The molecule has 0 atom stereocenters. The van der Waals surface area contributed by atoms with Crippen LogP contribution in [0.15, 0.2) is 30.6 Å². The van der Waals surface area contributed by atoms with Crippen molar-refractivity contribution < 1.29 is 5.11 Å². The molecule has 28 heavy (non-hydrogen) atoms. The molecule has 0 aliphatic carbocycles. The van der Waals surface area contributed by atoms with Crippen molar-refractivity contribution in [2.24, 2.45) is 0 Å². The zero-order valence-electron chi connectivity index (χ0n) is 16.9. The molecule has 0 aliphatic heterocycles. The summed E-state index contributed by atoms with van der Waals surface area (Å²) in [6.45, 7) is 8.84. The fourth-order valence-electron chi connectivity index (χ4n) is 2.85. The molecular weight excluding hydrogens is 354 g/mol. The third-order valence-electron chi connectivity index (χ3n) is 4.50. The number of rotatable bonds is 8. The number of aromatic nitrogens is 4. The molecule has 0 saturated carbocycles. The molecule has 0 unspecified atom stereocenters. The van der Waals surface area contributed by atoms with Crippen molar-refractivity contribution in [3.63, 3.8) is 0 Å². The first-order valence-electron chi connectivity index (χ1n) is 9.52. The lowest BCUT2D eigenvalue weighted by Crippen LogP contribution is -2.23. The maximum atomic E-state index is 9.92. The topological polar surface area (TPSA) is 114 Å². The molecule has 8 nitrogen and oxygen atoms in total. The van der Waals surface area contributed by atoms with Crippen molar-refractivity contribution in [2.75, 3.05) is 22.9 Å². The normalized spacial score (nSPS) is 11.9. The van der Waals surface area contributed by atoms with Crippen molar-refractivity contribution in [3.8, 4) is 0 Å². The minimum absolute atomic E-state index is 0.224. The molecular formula is C20H29N7O. The van der Waals surface area contributed by atoms with Crippen LogP contribution < -0.4 is 16.4 Å². The first kappa shape index (κ1) is 19.9.